The summed E-state index contributed by atoms with van der Waals surface area (Å²) < 4.78 is 0.841. The van der Waals surface area contributed by atoms with Gasteiger partial charge in [0.05, 0.1) is 0 Å². The van der Waals surface area contributed by atoms with Gasteiger partial charge in [-0.15, -0.1) is 0 Å². The second-order valence-electron chi connectivity index (χ2n) is 3.30. The molecule has 0 spiro atoms. The van der Waals surface area contributed by atoms with Gasteiger partial charge in [-0.1, -0.05) is 27.7 Å². The minimum Gasteiger partial charge on any atom is -0.358 e. The van der Waals surface area contributed by atoms with Gasteiger partial charge in [0.15, 0.2) is 0 Å². The Balaban J connectivity index is 2.42. The van der Waals surface area contributed by atoms with Crippen molar-refractivity contribution < 1.29 is 9.85 Å². The molecular formula is C9H5BrN4O4S. The summed E-state index contributed by atoms with van der Waals surface area (Å²) in [5.41, 5.74) is 0. The third-order valence-corrected chi connectivity index (χ3v) is 3.69. The Labute approximate surface area is 118 Å². The van der Waals surface area contributed by atoms with Crippen molar-refractivity contribution in [3.05, 3.63) is 49.0 Å². The van der Waals surface area contributed by atoms with E-state index in [1.165, 1.54) is 0 Å². The first-order chi connectivity index (χ1) is 8.99. The summed E-state index contributed by atoms with van der Waals surface area (Å²) in [4.78, 5) is 20.6. The number of hydrogen-bond donors (Lipinski definition) is 1. The molecule has 0 fully saturated rings. The fraction of sp³-hybridized carbons (Fsp3) is 0. The number of rotatable bonds is 4. The van der Waals surface area contributed by atoms with Crippen LogP contribution in [0.25, 0.3) is 0 Å². The van der Waals surface area contributed by atoms with E-state index < -0.39 is 21.5 Å². The second-order valence-corrected chi connectivity index (χ2v) is 5.29. The largest absolute Gasteiger partial charge is 0.434 e. The lowest BCUT2D eigenvalue weighted by atomic mass is 10.4. The number of H-pyrrole nitrogens is 1. The lowest BCUT2D eigenvalue weighted by Crippen LogP contribution is -1.92. The van der Waals surface area contributed by atoms with Crippen LogP contribution in [0.5, 0.6) is 0 Å². The Morgan fingerprint density at radius 2 is 1.79 bits per heavy atom. The normalized spacial score (nSPS) is 10.4. The molecule has 1 aromatic heterocycles. The molecule has 1 heterocycles. The standard InChI is InChI=1S/C9H5BrN4O4S/c10-5-1-3-6(4-2-5)19-7-8(13(15)16)11-12-9(7)14(17)18/h1-4H,(H,11,12). The maximum absolute atomic E-state index is 10.8. The first-order valence-corrected chi connectivity index (χ1v) is 6.40. The van der Waals surface area contributed by atoms with Crippen LogP contribution >= 0.6 is 27.7 Å². The van der Waals surface area contributed by atoms with E-state index in [1.54, 1.807) is 24.3 Å². The monoisotopic (exact) mass is 344 g/mol. The maximum atomic E-state index is 10.8. The molecule has 0 unspecified atom stereocenters. The van der Waals surface area contributed by atoms with Crippen LogP contribution in [-0.2, 0) is 0 Å². The van der Waals surface area contributed by atoms with Crippen molar-refractivity contribution in [1.82, 2.24) is 10.2 Å². The lowest BCUT2D eigenvalue weighted by molar-refractivity contribution is -0.399. The summed E-state index contributed by atoms with van der Waals surface area (Å²) >= 11 is 4.17. The predicted octanol–water partition coefficient (Wildman–Crippen LogP) is 3.14. The number of nitrogens with one attached hydrogen (secondary N) is 1. The molecule has 1 aromatic carbocycles. The van der Waals surface area contributed by atoms with Crippen molar-refractivity contribution in [3.8, 4) is 0 Å². The van der Waals surface area contributed by atoms with Crippen molar-refractivity contribution in [1.29, 1.82) is 0 Å². The summed E-state index contributed by atoms with van der Waals surface area (Å²) in [7, 11) is 0. The number of benzene rings is 1. The third kappa shape index (κ3) is 2.90. The summed E-state index contributed by atoms with van der Waals surface area (Å²) in [6.45, 7) is 0. The van der Waals surface area contributed by atoms with Crippen molar-refractivity contribution in [2.75, 3.05) is 0 Å². The fourth-order valence-electron chi connectivity index (χ4n) is 1.28. The molecule has 98 valence electrons. The van der Waals surface area contributed by atoms with Gasteiger partial charge in [0, 0.05) is 9.37 Å². The molecule has 0 atom stereocenters. The van der Waals surface area contributed by atoms with E-state index in [-0.39, 0.29) is 4.90 Å². The van der Waals surface area contributed by atoms with Crippen molar-refractivity contribution >= 4 is 39.3 Å². The highest BCUT2D eigenvalue weighted by atomic mass is 79.9. The van der Waals surface area contributed by atoms with E-state index in [1.807, 2.05) is 0 Å². The molecule has 2 aromatic rings. The number of nitro groups is 2. The van der Waals surface area contributed by atoms with Crippen LogP contribution in [-0.4, -0.2) is 20.0 Å². The Kier molecular flexibility index (Phi) is 3.81. The van der Waals surface area contributed by atoms with Crippen molar-refractivity contribution in [2.24, 2.45) is 0 Å². The molecule has 0 radical (unpaired) electrons. The number of aromatic amines is 1. The average Bonchev–Trinajstić information content (AvgIpc) is 2.76. The van der Waals surface area contributed by atoms with Gasteiger partial charge in [0.1, 0.15) is 5.10 Å². The van der Waals surface area contributed by atoms with Crippen LogP contribution in [0.2, 0.25) is 0 Å². The predicted molar refractivity (Wildman–Crippen MR) is 70.2 cm³/mol. The SMILES string of the molecule is O=[N+]([O-])c1n[nH]c([N+](=O)[O-])c1Sc1ccc(Br)cc1. The topological polar surface area (TPSA) is 115 Å². The second kappa shape index (κ2) is 5.36. The zero-order chi connectivity index (χ0) is 14.0. The van der Waals surface area contributed by atoms with Gasteiger partial charge in [-0.2, -0.15) is 0 Å². The lowest BCUT2D eigenvalue weighted by Gasteiger charge is -1.99. The minimum absolute atomic E-state index is 0.114. The van der Waals surface area contributed by atoms with Crippen LogP contribution in [0.15, 0.2) is 38.5 Å². The Morgan fingerprint density at radius 1 is 1.16 bits per heavy atom. The van der Waals surface area contributed by atoms with Gasteiger partial charge in [-0.3, -0.25) is 0 Å². The molecule has 10 heteroatoms. The smallest absolute Gasteiger partial charge is 0.358 e. The van der Waals surface area contributed by atoms with Gasteiger partial charge >= 0.3 is 11.6 Å². The van der Waals surface area contributed by atoms with E-state index in [4.69, 9.17) is 0 Å². The number of aromatic nitrogens is 2. The molecule has 0 amide bonds. The zero-order valence-corrected chi connectivity index (χ0v) is 11.5. The molecule has 8 nitrogen and oxygen atoms in total. The third-order valence-electron chi connectivity index (χ3n) is 2.07. The van der Waals surface area contributed by atoms with Gasteiger partial charge in [-0.25, -0.2) is 0 Å². The molecular weight excluding hydrogens is 340 g/mol. The number of halogens is 1. The summed E-state index contributed by atoms with van der Waals surface area (Å²) in [5, 5.41) is 27.0. The average molecular weight is 345 g/mol. The minimum atomic E-state index is -0.759. The molecule has 2 rings (SSSR count). The quantitative estimate of drug-likeness (QED) is 0.672. The molecule has 0 aliphatic heterocycles. The highest BCUT2D eigenvalue weighted by molar-refractivity contribution is 9.10. The molecule has 1 N–H and O–H groups in total. The van der Waals surface area contributed by atoms with E-state index in [9.17, 15) is 20.2 Å². The molecule has 0 aliphatic carbocycles. The molecule has 0 saturated carbocycles. The maximum Gasteiger partial charge on any atom is 0.434 e. The Hall–Kier alpha value is -1.94. The molecule has 0 aliphatic rings. The summed E-state index contributed by atoms with van der Waals surface area (Å²) in [5.74, 6) is -1.04. The van der Waals surface area contributed by atoms with E-state index in [0.29, 0.717) is 4.90 Å². The van der Waals surface area contributed by atoms with Crippen LogP contribution in [0.4, 0.5) is 11.6 Å². The Bertz CT molecular complexity index is 611. The number of nitrogens with zero attached hydrogens (tertiary/aromatic N) is 3. The van der Waals surface area contributed by atoms with E-state index in [2.05, 4.69) is 26.1 Å². The van der Waals surface area contributed by atoms with E-state index >= 15 is 0 Å². The zero-order valence-electron chi connectivity index (χ0n) is 9.07. The summed E-state index contributed by atoms with van der Waals surface area (Å²) in [6, 6.07) is 6.85. The molecule has 19 heavy (non-hydrogen) atoms. The van der Waals surface area contributed by atoms with Gasteiger partial charge in [0.25, 0.3) is 0 Å². The van der Waals surface area contributed by atoms with Crippen LogP contribution in [0.3, 0.4) is 0 Å². The van der Waals surface area contributed by atoms with Gasteiger partial charge in [-0.05, 0) is 39.2 Å². The fourth-order valence-corrected chi connectivity index (χ4v) is 2.48. The van der Waals surface area contributed by atoms with Crippen LogP contribution in [0.1, 0.15) is 0 Å². The number of hydrogen-bond acceptors (Lipinski definition) is 6. The first kappa shape index (κ1) is 13.5. The van der Waals surface area contributed by atoms with Crippen molar-refractivity contribution in [3.63, 3.8) is 0 Å². The van der Waals surface area contributed by atoms with E-state index in [0.717, 1.165) is 16.2 Å². The van der Waals surface area contributed by atoms with Gasteiger partial charge < -0.3 is 20.2 Å². The van der Waals surface area contributed by atoms with Crippen molar-refractivity contribution in [2.45, 2.75) is 9.79 Å². The van der Waals surface area contributed by atoms with Crippen LogP contribution < -0.4 is 0 Å². The van der Waals surface area contributed by atoms with Gasteiger partial charge in [0.2, 0.25) is 4.90 Å². The first-order valence-electron chi connectivity index (χ1n) is 4.79. The Morgan fingerprint density at radius 3 is 2.32 bits per heavy atom. The summed E-state index contributed by atoms with van der Waals surface area (Å²) in [6.07, 6.45) is 0. The highest BCUT2D eigenvalue weighted by Crippen LogP contribution is 2.39. The molecule has 0 saturated heterocycles. The van der Waals surface area contributed by atoms with Crippen LogP contribution in [0, 0.1) is 20.2 Å². The molecule has 0 bridgehead atoms. The highest BCUT2D eigenvalue weighted by Gasteiger charge is 2.32.